The van der Waals surface area contributed by atoms with Gasteiger partial charge in [0.2, 0.25) is 0 Å². The second-order valence-electron chi connectivity index (χ2n) is 2.37. The highest BCUT2D eigenvalue weighted by molar-refractivity contribution is 6.37. The van der Waals surface area contributed by atoms with E-state index in [9.17, 15) is 14.4 Å². The zero-order valence-electron chi connectivity index (χ0n) is 7.04. The molecule has 0 bridgehead atoms. The van der Waals surface area contributed by atoms with Crippen LogP contribution in [-0.2, 0) is 9.53 Å². The number of rotatable bonds is 2. The maximum Gasteiger partial charge on any atom is 0.358 e. The van der Waals surface area contributed by atoms with Gasteiger partial charge in [-0.3, -0.25) is 0 Å². The summed E-state index contributed by atoms with van der Waals surface area (Å²) in [5.74, 6) is -1.59. The van der Waals surface area contributed by atoms with Crippen LogP contribution < -0.4 is 5.06 Å². The maximum atomic E-state index is 12.5. The summed E-state index contributed by atoms with van der Waals surface area (Å²) in [6, 6.07) is 0. The van der Waals surface area contributed by atoms with E-state index in [0.29, 0.717) is 0 Å². The fraction of sp³-hybridized carbons (Fsp3) is 0.429. The average molecular weight is 188 g/mol. The minimum atomic E-state index is -0.923. The molecule has 0 aromatic heterocycles. The van der Waals surface area contributed by atoms with Crippen molar-refractivity contribution >= 4 is 11.7 Å². The van der Waals surface area contributed by atoms with Gasteiger partial charge in [0, 0.05) is 0 Å². The number of carbonyl (C=O) groups excluding carboxylic acids is 1. The van der Waals surface area contributed by atoms with Crippen molar-refractivity contribution < 1.29 is 19.0 Å². The largest absolute Gasteiger partial charge is 0.627 e. The molecule has 1 heterocycles. The Labute approximate surface area is 74.1 Å². The molecule has 0 spiro atoms. The van der Waals surface area contributed by atoms with Gasteiger partial charge in [-0.15, -0.1) is 4.39 Å². The molecule has 1 rings (SSSR count). The predicted octanol–water partition coefficient (Wildman–Crippen LogP) is -0.845. The van der Waals surface area contributed by atoms with Gasteiger partial charge in [-0.05, 0) is 6.92 Å². The minimum Gasteiger partial charge on any atom is -0.627 e. The summed E-state index contributed by atoms with van der Waals surface area (Å²) in [5.41, 5.74) is -0.0479. The molecule has 72 valence electrons. The zero-order valence-corrected chi connectivity index (χ0v) is 7.04. The second-order valence-corrected chi connectivity index (χ2v) is 2.37. The summed E-state index contributed by atoms with van der Waals surface area (Å²) in [5, 5.41) is 10.0. The molecule has 0 saturated heterocycles. The Morgan fingerprint density at radius 3 is 3.15 bits per heavy atom. The molecule has 0 fully saturated rings. The number of nitrogens with zero attached hydrogens (tertiary/aromatic N) is 1. The van der Waals surface area contributed by atoms with Crippen LogP contribution >= 0.6 is 0 Å². The smallest absolute Gasteiger partial charge is 0.358 e. The van der Waals surface area contributed by atoms with Gasteiger partial charge < -0.3 is 15.0 Å². The molecule has 1 atom stereocenters. The first-order valence-corrected chi connectivity index (χ1v) is 3.77. The number of quaternary nitrogens is 1. The van der Waals surface area contributed by atoms with Gasteiger partial charge in [-0.2, -0.15) is 0 Å². The number of nitrogens with one attached hydrogen (secondary N) is 1. The number of hydroxylamine groups is 2. The maximum absolute atomic E-state index is 12.5. The molecule has 1 unspecified atom stereocenters. The normalized spacial score (nSPS) is 21.9. The van der Waals surface area contributed by atoms with Crippen LogP contribution in [0.15, 0.2) is 17.1 Å². The van der Waals surface area contributed by atoms with E-state index in [4.69, 9.17) is 0 Å². The standard InChI is InChI=1S/C7H9FN2O3/c1-2-13-7(11)5-4-10(12)6(8)3-9-5/h3,10H,2,4H2,1H3. The lowest BCUT2D eigenvalue weighted by Crippen LogP contribution is -3.06. The molecule has 0 saturated carbocycles. The first-order valence-electron chi connectivity index (χ1n) is 3.77. The van der Waals surface area contributed by atoms with Gasteiger partial charge in [0.05, 0.1) is 6.61 Å². The van der Waals surface area contributed by atoms with Crippen LogP contribution in [0.3, 0.4) is 0 Å². The van der Waals surface area contributed by atoms with Crippen molar-refractivity contribution in [1.29, 1.82) is 0 Å². The van der Waals surface area contributed by atoms with Crippen LogP contribution in [0.5, 0.6) is 0 Å². The molecule has 0 amide bonds. The highest BCUT2D eigenvalue weighted by atomic mass is 19.1. The van der Waals surface area contributed by atoms with Gasteiger partial charge in [0.25, 0.3) is 0 Å². The van der Waals surface area contributed by atoms with Crippen LogP contribution in [0.1, 0.15) is 6.92 Å². The number of hydrogen-bond donors (Lipinski definition) is 1. The van der Waals surface area contributed by atoms with Crippen molar-refractivity contribution in [1.82, 2.24) is 0 Å². The monoisotopic (exact) mass is 188 g/mol. The number of aliphatic imine (C=N–C) groups is 1. The summed E-state index contributed by atoms with van der Waals surface area (Å²) < 4.78 is 17.0. The molecule has 0 radical (unpaired) electrons. The summed E-state index contributed by atoms with van der Waals surface area (Å²) in [6.45, 7) is 1.53. The minimum absolute atomic E-state index is 0.0479. The van der Waals surface area contributed by atoms with Gasteiger partial charge in [-0.25, -0.2) is 9.79 Å². The fourth-order valence-corrected chi connectivity index (χ4v) is 0.828. The Morgan fingerprint density at radius 2 is 2.62 bits per heavy atom. The second kappa shape index (κ2) is 4.11. The lowest BCUT2D eigenvalue weighted by Gasteiger charge is -2.21. The third kappa shape index (κ3) is 2.33. The van der Waals surface area contributed by atoms with Crippen molar-refractivity contribution in [3.63, 3.8) is 0 Å². The van der Waals surface area contributed by atoms with Crippen LogP contribution in [0.2, 0.25) is 0 Å². The first kappa shape index (κ1) is 9.82. The molecule has 1 N–H and O–H groups in total. The van der Waals surface area contributed by atoms with Crippen molar-refractivity contribution in [3.05, 3.63) is 17.4 Å². The molecular weight excluding hydrogens is 179 g/mol. The Kier molecular flexibility index (Phi) is 3.10. The van der Waals surface area contributed by atoms with E-state index >= 15 is 0 Å². The lowest BCUT2D eigenvalue weighted by atomic mass is 10.3. The molecule has 13 heavy (non-hydrogen) atoms. The highest BCUT2D eigenvalue weighted by Gasteiger charge is 2.21. The summed E-state index contributed by atoms with van der Waals surface area (Å²) in [4.78, 5) is 14.5. The predicted molar refractivity (Wildman–Crippen MR) is 42.5 cm³/mol. The molecule has 6 heteroatoms. The number of halogens is 1. The molecule has 5 nitrogen and oxygen atoms in total. The molecule has 0 aromatic carbocycles. The summed E-state index contributed by atoms with van der Waals surface area (Å²) >= 11 is 0. The highest BCUT2D eigenvalue weighted by Crippen LogP contribution is 1.94. The molecule has 0 aliphatic carbocycles. The lowest BCUT2D eigenvalue weighted by molar-refractivity contribution is -0.808. The Morgan fingerprint density at radius 1 is 1.92 bits per heavy atom. The van der Waals surface area contributed by atoms with Gasteiger partial charge in [0.1, 0.15) is 12.7 Å². The van der Waals surface area contributed by atoms with Crippen LogP contribution in [0.25, 0.3) is 0 Å². The molecule has 1 aliphatic rings. The van der Waals surface area contributed by atoms with Crippen molar-refractivity contribution in [3.8, 4) is 0 Å². The van der Waals surface area contributed by atoms with E-state index in [-0.39, 0.29) is 18.9 Å². The van der Waals surface area contributed by atoms with Crippen LogP contribution in [0.4, 0.5) is 4.39 Å². The topological polar surface area (TPSA) is 66.2 Å². The number of carbonyl (C=O) groups is 1. The Balaban J connectivity index is 2.68. The van der Waals surface area contributed by atoms with E-state index in [1.54, 1.807) is 6.92 Å². The van der Waals surface area contributed by atoms with E-state index in [1.807, 2.05) is 0 Å². The Hall–Kier alpha value is -1.27. The van der Waals surface area contributed by atoms with Crippen LogP contribution in [0, 0.1) is 5.21 Å². The van der Waals surface area contributed by atoms with E-state index in [2.05, 4.69) is 9.73 Å². The number of ether oxygens (including phenoxy) is 1. The van der Waals surface area contributed by atoms with Crippen LogP contribution in [-0.4, -0.2) is 24.8 Å². The van der Waals surface area contributed by atoms with Gasteiger partial charge >= 0.3 is 11.9 Å². The van der Waals surface area contributed by atoms with Crippen molar-refractivity contribution in [2.24, 2.45) is 4.99 Å². The van der Waals surface area contributed by atoms with E-state index in [1.165, 1.54) is 0 Å². The first-order chi connectivity index (χ1) is 6.15. The van der Waals surface area contributed by atoms with E-state index < -0.39 is 17.0 Å². The molecule has 1 aliphatic heterocycles. The molecule has 0 aromatic rings. The third-order valence-electron chi connectivity index (χ3n) is 1.44. The van der Waals surface area contributed by atoms with Crippen molar-refractivity contribution in [2.45, 2.75) is 6.92 Å². The summed E-state index contributed by atoms with van der Waals surface area (Å²) in [6.07, 6.45) is 0.734. The van der Waals surface area contributed by atoms with E-state index in [0.717, 1.165) is 6.20 Å². The SMILES string of the molecule is CCOC(=O)C1=NC=C(F)[NH+]([O-])C1. The molecular formula is C7H9FN2O3. The summed E-state index contributed by atoms with van der Waals surface area (Å²) in [7, 11) is 0. The number of esters is 1. The number of hydrogen-bond acceptors (Lipinski definition) is 4. The zero-order chi connectivity index (χ0) is 9.84. The Bertz CT molecular complexity index is 275. The van der Waals surface area contributed by atoms with Crippen molar-refractivity contribution in [2.75, 3.05) is 13.2 Å². The van der Waals surface area contributed by atoms with Gasteiger partial charge in [-0.1, -0.05) is 0 Å². The third-order valence-corrected chi connectivity index (χ3v) is 1.44. The fourth-order valence-electron chi connectivity index (χ4n) is 0.828. The van der Waals surface area contributed by atoms with Gasteiger partial charge in [0.15, 0.2) is 5.71 Å². The average Bonchev–Trinajstić information content (AvgIpc) is 2.10. The quantitative estimate of drug-likeness (QED) is 0.349.